The van der Waals surface area contributed by atoms with Gasteiger partial charge in [-0.1, -0.05) is 66.2 Å². The second-order valence-corrected chi connectivity index (χ2v) is 6.98. The van der Waals surface area contributed by atoms with Crippen LogP contribution in [0.1, 0.15) is 91.9 Å². The highest BCUT2D eigenvalue weighted by molar-refractivity contribution is 4.60. The maximum atomic E-state index is 5.74. The maximum Gasteiger partial charge on any atom is 0.0466 e. The van der Waals surface area contributed by atoms with Crippen molar-refractivity contribution in [3.63, 3.8) is 0 Å². The Hall–Kier alpha value is -0.0800. The number of hydrogen-bond acceptors (Lipinski definition) is 2. The Balaban J connectivity index is 3.17. The molecular formula is C20H43NO. The van der Waals surface area contributed by atoms with Crippen molar-refractivity contribution in [3.05, 3.63) is 0 Å². The molecule has 0 spiro atoms. The van der Waals surface area contributed by atoms with Crippen molar-refractivity contribution >= 4 is 0 Å². The van der Waals surface area contributed by atoms with Gasteiger partial charge in [-0.2, -0.15) is 0 Å². The van der Waals surface area contributed by atoms with E-state index in [0.29, 0.717) is 0 Å². The fourth-order valence-corrected chi connectivity index (χ4v) is 3.06. The molecule has 0 aliphatic heterocycles. The van der Waals surface area contributed by atoms with Crippen molar-refractivity contribution < 1.29 is 4.74 Å². The summed E-state index contributed by atoms with van der Waals surface area (Å²) in [7, 11) is 0. The highest BCUT2D eigenvalue weighted by Crippen LogP contribution is 2.13. The normalized spacial score (nSPS) is 14.2. The molecule has 2 heteroatoms. The highest BCUT2D eigenvalue weighted by atomic mass is 16.5. The second kappa shape index (κ2) is 17.3. The van der Waals surface area contributed by atoms with Crippen LogP contribution in [0.25, 0.3) is 0 Å². The summed E-state index contributed by atoms with van der Waals surface area (Å²) in [6, 6.07) is 0. The Bertz CT molecular complexity index is 208. The van der Waals surface area contributed by atoms with Crippen molar-refractivity contribution in [2.75, 3.05) is 26.3 Å². The van der Waals surface area contributed by atoms with Gasteiger partial charge in [0.25, 0.3) is 0 Å². The number of hydrogen-bond donors (Lipinski definition) is 1. The predicted octanol–water partition coefficient (Wildman–Crippen LogP) is 5.81. The van der Waals surface area contributed by atoms with Crippen LogP contribution in [0.3, 0.4) is 0 Å². The van der Waals surface area contributed by atoms with E-state index in [1.807, 2.05) is 0 Å². The molecule has 2 unspecified atom stereocenters. The highest BCUT2D eigenvalue weighted by Gasteiger charge is 2.03. The van der Waals surface area contributed by atoms with Gasteiger partial charge in [-0.25, -0.2) is 0 Å². The third kappa shape index (κ3) is 14.8. The van der Waals surface area contributed by atoms with Crippen LogP contribution in [0, 0.1) is 11.8 Å². The number of unbranched alkanes of at least 4 members (excludes halogenated alkanes) is 2. The van der Waals surface area contributed by atoms with Crippen molar-refractivity contribution in [2.24, 2.45) is 11.8 Å². The molecule has 0 amide bonds. The molecule has 2 nitrogen and oxygen atoms in total. The largest absolute Gasteiger partial charge is 0.381 e. The van der Waals surface area contributed by atoms with E-state index in [-0.39, 0.29) is 0 Å². The Morgan fingerprint density at radius 1 is 0.818 bits per heavy atom. The minimum atomic E-state index is 0.872. The fourth-order valence-electron chi connectivity index (χ4n) is 3.06. The number of nitrogens with one attached hydrogen (secondary N) is 1. The van der Waals surface area contributed by atoms with E-state index in [1.54, 1.807) is 0 Å². The topological polar surface area (TPSA) is 21.3 Å². The van der Waals surface area contributed by atoms with E-state index in [0.717, 1.165) is 31.6 Å². The average molecular weight is 314 g/mol. The standard InChI is InChI=1S/C20H43NO/c1-5-12-19(4)14-8-10-16-22-17-11-9-15-21-18-20(7-3)13-6-2/h19-21H,5-18H2,1-4H3. The van der Waals surface area contributed by atoms with Gasteiger partial charge in [-0.15, -0.1) is 0 Å². The summed E-state index contributed by atoms with van der Waals surface area (Å²) in [4.78, 5) is 0. The zero-order valence-electron chi connectivity index (χ0n) is 16.0. The maximum absolute atomic E-state index is 5.74. The van der Waals surface area contributed by atoms with Gasteiger partial charge in [0, 0.05) is 13.2 Å². The van der Waals surface area contributed by atoms with Crippen LogP contribution in [0.15, 0.2) is 0 Å². The van der Waals surface area contributed by atoms with Gasteiger partial charge < -0.3 is 10.1 Å². The van der Waals surface area contributed by atoms with Gasteiger partial charge in [0.15, 0.2) is 0 Å². The molecule has 0 aliphatic carbocycles. The summed E-state index contributed by atoms with van der Waals surface area (Å²) in [6.45, 7) is 13.5. The molecule has 0 fully saturated rings. The van der Waals surface area contributed by atoms with Gasteiger partial charge in [0.2, 0.25) is 0 Å². The van der Waals surface area contributed by atoms with E-state index in [1.165, 1.54) is 70.8 Å². The van der Waals surface area contributed by atoms with Crippen molar-refractivity contribution in [1.29, 1.82) is 0 Å². The average Bonchev–Trinajstić information content (AvgIpc) is 2.51. The first-order chi connectivity index (χ1) is 10.7. The van der Waals surface area contributed by atoms with Gasteiger partial charge in [-0.3, -0.25) is 0 Å². The van der Waals surface area contributed by atoms with Crippen molar-refractivity contribution in [2.45, 2.75) is 91.9 Å². The zero-order chi connectivity index (χ0) is 16.5. The molecule has 134 valence electrons. The van der Waals surface area contributed by atoms with Crippen molar-refractivity contribution in [1.82, 2.24) is 5.32 Å². The van der Waals surface area contributed by atoms with Crippen LogP contribution in [0.5, 0.6) is 0 Å². The van der Waals surface area contributed by atoms with Gasteiger partial charge >= 0.3 is 0 Å². The van der Waals surface area contributed by atoms with Crippen LogP contribution in [-0.4, -0.2) is 26.3 Å². The molecule has 0 aliphatic rings. The SMILES string of the molecule is CCCC(C)CCCCOCCCCNCC(CC)CCC. The molecule has 22 heavy (non-hydrogen) atoms. The van der Waals surface area contributed by atoms with Crippen molar-refractivity contribution in [3.8, 4) is 0 Å². The quantitative estimate of drug-likeness (QED) is 0.342. The zero-order valence-corrected chi connectivity index (χ0v) is 16.0. The van der Waals surface area contributed by atoms with E-state index in [9.17, 15) is 0 Å². The first-order valence-corrected chi connectivity index (χ1v) is 10.0. The summed E-state index contributed by atoms with van der Waals surface area (Å²) >= 11 is 0. The van der Waals surface area contributed by atoms with Gasteiger partial charge in [0.05, 0.1) is 0 Å². The Morgan fingerprint density at radius 2 is 1.50 bits per heavy atom. The van der Waals surface area contributed by atoms with Gasteiger partial charge in [0.1, 0.15) is 0 Å². The lowest BCUT2D eigenvalue weighted by Gasteiger charge is -2.14. The van der Waals surface area contributed by atoms with Crippen LogP contribution in [-0.2, 0) is 4.74 Å². The molecule has 1 N–H and O–H groups in total. The smallest absolute Gasteiger partial charge is 0.0466 e. The van der Waals surface area contributed by atoms with E-state index >= 15 is 0 Å². The lowest BCUT2D eigenvalue weighted by molar-refractivity contribution is 0.125. The fraction of sp³-hybridized carbons (Fsp3) is 1.00. The molecule has 0 aromatic rings. The van der Waals surface area contributed by atoms with Crippen LogP contribution in [0.4, 0.5) is 0 Å². The van der Waals surface area contributed by atoms with E-state index in [2.05, 4.69) is 33.0 Å². The molecule has 0 saturated heterocycles. The van der Waals surface area contributed by atoms with Gasteiger partial charge in [-0.05, 0) is 50.6 Å². The Morgan fingerprint density at radius 3 is 2.14 bits per heavy atom. The molecule has 0 saturated carbocycles. The summed E-state index contributed by atoms with van der Waals surface area (Å²) in [6.07, 6.45) is 13.1. The third-order valence-corrected chi connectivity index (χ3v) is 4.62. The number of ether oxygens (including phenoxy) is 1. The molecule has 2 atom stereocenters. The molecule has 0 aromatic heterocycles. The molecule has 0 bridgehead atoms. The number of rotatable bonds is 17. The first-order valence-electron chi connectivity index (χ1n) is 10.0. The molecule has 0 aromatic carbocycles. The predicted molar refractivity (Wildman–Crippen MR) is 99.5 cm³/mol. The lowest BCUT2D eigenvalue weighted by atomic mass is 9.99. The minimum Gasteiger partial charge on any atom is -0.381 e. The molecular weight excluding hydrogens is 270 g/mol. The Labute approximate surface area is 140 Å². The summed E-state index contributed by atoms with van der Waals surface area (Å²) in [5.41, 5.74) is 0. The summed E-state index contributed by atoms with van der Waals surface area (Å²) < 4.78 is 5.74. The Kier molecular flexibility index (Phi) is 17.2. The third-order valence-electron chi connectivity index (χ3n) is 4.62. The monoisotopic (exact) mass is 313 g/mol. The van der Waals surface area contributed by atoms with Crippen LogP contribution < -0.4 is 5.32 Å². The van der Waals surface area contributed by atoms with Crippen LogP contribution >= 0.6 is 0 Å². The minimum absolute atomic E-state index is 0.872. The van der Waals surface area contributed by atoms with E-state index < -0.39 is 0 Å². The summed E-state index contributed by atoms with van der Waals surface area (Å²) in [5, 5.41) is 3.60. The van der Waals surface area contributed by atoms with Crippen LogP contribution in [0.2, 0.25) is 0 Å². The van der Waals surface area contributed by atoms with E-state index in [4.69, 9.17) is 4.74 Å². The summed E-state index contributed by atoms with van der Waals surface area (Å²) in [5.74, 6) is 1.77. The first kappa shape index (κ1) is 21.9. The molecule has 0 radical (unpaired) electrons. The molecule has 0 rings (SSSR count). The second-order valence-electron chi connectivity index (χ2n) is 6.98. The lowest BCUT2D eigenvalue weighted by Crippen LogP contribution is -2.23. The molecule has 0 heterocycles.